The first kappa shape index (κ1) is 26.1. The van der Waals surface area contributed by atoms with Crippen molar-refractivity contribution >= 4 is 28.3 Å². The number of thiazole rings is 1. The minimum absolute atomic E-state index is 0.00549. The maximum Gasteiger partial charge on any atom is 0.257 e. The summed E-state index contributed by atoms with van der Waals surface area (Å²) >= 11 is 1.53. The van der Waals surface area contributed by atoms with E-state index in [4.69, 9.17) is 14.5 Å². The molecule has 0 radical (unpaired) electrons. The van der Waals surface area contributed by atoms with E-state index in [-0.39, 0.29) is 40.9 Å². The van der Waals surface area contributed by atoms with Crippen molar-refractivity contribution in [3.05, 3.63) is 40.4 Å². The van der Waals surface area contributed by atoms with Gasteiger partial charge in [-0.2, -0.15) is 0 Å². The molecule has 5 rings (SSSR count). The van der Waals surface area contributed by atoms with Crippen LogP contribution in [0.3, 0.4) is 0 Å². The molecule has 8 nitrogen and oxygen atoms in total. The lowest BCUT2D eigenvalue weighted by atomic mass is 9.53. The molecule has 1 saturated carbocycles. The number of rotatable bonds is 5. The molecule has 9 heteroatoms. The second-order valence-corrected chi connectivity index (χ2v) is 12.2. The van der Waals surface area contributed by atoms with Crippen LogP contribution < -0.4 is 10.1 Å². The van der Waals surface area contributed by atoms with Crippen LogP contribution in [-0.2, 0) is 16.0 Å². The minimum atomic E-state index is -0.582. The Morgan fingerprint density at radius 2 is 1.97 bits per heavy atom. The highest BCUT2D eigenvalue weighted by Crippen LogP contribution is 2.57. The Morgan fingerprint density at radius 3 is 2.65 bits per heavy atom. The van der Waals surface area contributed by atoms with E-state index in [1.165, 1.54) is 16.2 Å². The van der Waals surface area contributed by atoms with Gasteiger partial charge in [0.05, 0.1) is 32.1 Å². The highest BCUT2D eigenvalue weighted by Gasteiger charge is 2.54. The predicted octanol–water partition coefficient (Wildman–Crippen LogP) is 3.95. The number of aromatic nitrogens is 1. The monoisotopic (exact) mass is 527 g/mol. The van der Waals surface area contributed by atoms with Gasteiger partial charge < -0.3 is 19.5 Å². The number of aliphatic hydroxyl groups is 1. The number of ether oxygens (including phenoxy) is 2. The fourth-order valence-electron chi connectivity index (χ4n) is 6.77. The number of anilines is 1. The van der Waals surface area contributed by atoms with Crippen molar-refractivity contribution in [3.8, 4) is 5.75 Å². The average Bonchev–Trinajstić information content (AvgIpc) is 3.30. The molecule has 200 valence electrons. The molecule has 1 aromatic heterocycles. The van der Waals surface area contributed by atoms with Gasteiger partial charge >= 0.3 is 0 Å². The van der Waals surface area contributed by atoms with Gasteiger partial charge in [-0.05, 0) is 60.8 Å². The van der Waals surface area contributed by atoms with Crippen molar-refractivity contribution in [3.63, 3.8) is 0 Å². The molecule has 37 heavy (non-hydrogen) atoms. The number of benzene rings is 1. The molecular weight excluding hydrogens is 490 g/mol. The normalized spacial score (nSPS) is 30.1. The molecule has 6 atom stereocenters. The summed E-state index contributed by atoms with van der Waals surface area (Å²) in [4.78, 5) is 33.9. The molecule has 0 bridgehead atoms. The fraction of sp³-hybridized carbons (Fsp3) is 0.607. The molecule has 3 aliphatic rings. The van der Waals surface area contributed by atoms with Crippen LogP contribution in [0.5, 0.6) is 5.75 Å². The fourth-order valence-corrected chi connectivity index (χ4v) is 8.03. The number of amides is 2. The summed E-state index contributed by atoms with van der Waals surface area (Å²) in [5.74, 6) is 0.332. The maximum atomic E-state index is 13.2. The van der Waals surface area contributed by atoms with Crippen LogP contribution in [0.15, 0.2) is 24.3 Å². The Labute approximate surface area is 222 Å². The summed E-state index contributed by atoms with van der Waals surface area (Å²) in [6.45, 7) is 8.77. The third-order valence-electron chi connectivity index (χ3n) is 8.85. The lowest BCUT2D eigenvalue weighted by Crippen LogP contribution is -2.54. The summed E-state index contributed by atoms with van der Waals surface area (Å²) in [7, 11) is 1.59. The van der Waals surface area contributed by atoms with Crippen LogP contribution in [-0.4, -0.2) is 66.3 Å². The Bertz CT molecular complexity index is 1150. The second kappa shape index (κ2) is 10.3. The van der Waals surface area contributed by atoms with E-state index < -0.39 is 6.10 Å². The van der Waals surface area contributed by atoms with Crippen LogP contribution in [0, 0.1) is 23.2 Å². The number of fused-ring (bicyclic) bond motifs is 2. The maximum absolute atomic E-state index is 13.2. The van der Waals surface area contributed by atoms with Crippen LogP contribution in [0.25, 0.3) is 0 Å². The van der Waals surface area contributed by atoms with Crippen molar-refractivity contribution in [2.24, 2.45) is 23.2 Å². The number of hydrogen-bond donors (Lipinski definition) is 2. The van der Waals surface area contributed by atoms with Gasteiger partial charge in [0, 0.05) is 35.4 Å². The predicted molar refractivity (Wildman–Crippen MR) is 142 cm³/mol. The summed E-state index contributed by atoms with van der Waals surface area (Å²) < 4.78 is 10.6. The van der Waals surface area contributed by atoms with Gasteiger partial charge in [0.1, 0.15) is 5.75 Å². The van der Waals surface area contributed by atoms with E-state index in [1.807, 2.05) is 11.8 Å². The van der Waals surface area contributed by atoms with Gasteiger partial charge in [-0.15, -0.1) is 11.3 Å². The molecule has 1 saturated heterocycles. The molecule has 2 aromatic rings. The second-order valence-electron chi connectivity index (χ2n) is 11.1. The van der Waals surface area contributed by atoms with Gasteiger partial charge in [-0.25, -0.2) is 4.98 Å². The number of hydrogen-bond acceptors (Lipinski definition) is 7. The molecule has 1 aliphatic heterocycles. The average molecular weight is 528 g/mol. The van der Waals surface area contributed by atoms with Gasteiger partial charge in [0.15, 0.2) is 5.13 Å². The van der Waals surface area contributed by atoms with Crippen molar-refractivity contribution < 1.29 is 24.2 Å². The smallest absolute Gasteiger partial charge is 0.257 e. The number of morpholine rings is 1. The SMILES string of the molecule is COc1ccc(C(=O)Nc2nc3c(s2)C[C@]2(C)CC[C@H]([C@H](C)C(=O)N4CCOCC4)[C@H](O)[C@H]2[C@@H]3C)cc1. The summed E-state index contributed by atoms with van der Waals surface area (Å²) in [6, 6.07) is 6.99. The van der Waals surface area contributed by atoms with Gasteiger partial charge in [0.25, 0.3) is 5.91 Å². The molecule has 2 heterocycles. The van der Waals surface area contributed by atoms with Gasteiger partial charge in [-0.1, -0.05) is 20.8 Å². The Hall–Kier alpha value is -2.49. The third kappa shape index (κ3) is 4.89. The van der Waals surface area contributed by atoms with E-state index in [9.17, 15) is 14.7 Å². The zero-order valence-corrected chi connectivity index (χ0v) is 22.8. The van der Waals surface area contributed by atoms with E-state index in [2.05, 4.69) is 19.2 Å². The Balaban J connectivity index is 1.32. The number of nitrogens with zero attached hydrogens (tertiary/aromatic N) is 2. The molecule has 2 amide bonds. The minimum Gasteiger partial charge on any atom is -0.497 e. The molecule has 2 fully saturated rings. The quantitative estimate of drug-likeness (QED) is 0.611. The lowest BCUT2D eigenvalue weighted by molar-refractivity contribution is -0.148. The van der Waals surface area contributed by atoms with Crippen LogP contribution in [0.4, 0.5) is 5.13 Å². The molecule has 0 unspecified atom stereocenters. The lowest BCUT2D eigenvalue weighted by Gasteiger charge is -2.53. The Morgan fingerprint density at radius 1 is 1.27 bits per heavy atom. The van der Waals surface area contributed by atoms with Crippen LogP contribution in [0.2, 0.25) is 0 Å². The summed E-state index contributed by atoms with van der Waals surface area (Å²) in [6.07, 6.45) is 2.02. The number of carbonyl (C=O) groups is 2. The van der Waals surface area contributed by atoms with E-state index in [0.29, 0.717) is 42.7 Å². The highest BCUT2D eigenvalue weighted by molar-refractivity contribution is 7.15. The number of methoxy groups -OCH3 is 1. The molecule has 0 spiro atoms. The first-order valence-electron chi connectivity index (χ1n) is 13.2. The van der Waals surface area contributed by atoms with E-state index in [0.717, 1.165) is 25.0 Å². The van der Waals surface area contributed by atoms with Crippen molar-refractivity contribution in [1.29, 1.82) is 0 Å². The van der Waals surface area contributed by atoms with Crippen LogP contribution >= 0.6 is 11.3 Å². The van der Waals surface area contributed by atoms with Crippen molar-refractivity contribution in [1.82, 2.24) is 9.88 Å². The third-order valence-corrected chi connectivity index (χ3v) is 9.84. The highest BCUT2D eigenvalue weighted by atomic mass is 32.1. The van der Waals surface area contributed by atoms with E-state index >= 15 is 0 Å². The topological polar surface area (TPSA) is 101 Å². The molecule has 2 aliphatic carbocycles. The summed E-state index contributed by atoms with van der Waals surface area (Å²) in [5.41, 5.74) is 1.43. The molecule has 1 aromatic carbocycles. The molecular formula is C28H37N3O5S. The summed E-state index contributed by atoms with van der Waals surface area (Å²) in [5, 5.41) is 15.2. The standard InChI is InChI=1S/C28H37N3O5S/c1-16(26(34)31-11-13-36-14-12-31)20-9-10-28(3)15-21-23(17(2)22(28)24(20)32)29-27(37-21)30-25(33)18-5-7-19(35-4)8-6-18/h5-8,16-17,20,22,24,32H,9-15H2,1-4H3,(H,29,30,33)/t16-,17-,20+,22+,24-,28-/m0/s1. The number of nitrogens with one attached hydrogen (secondary N) is 1. The van der Waals surface area contributed by atoms with Gasteiger partial charge in [0.2, 0.25) is 5.91 Å². The Kier molecular flexibility index (Phi) is 7.31. The zero-order chi connectivity index (χ0) is 26.3. The first-order chi connectivity index (χ1) is 17.7. The van der Waals surface area contributed by atoms with Gasteiger partial charge in [-0.3, -0.25) is 14.9 Å². The van der Waals surface area contributed by atoms with Crippen LogP contribution in [0.1, 0.15) is 60.5 Å². The van der Waals surface area contributed by atoms with Crippen molar-refractivity contribution in [2.45, 2.75) is 52.1 Å². The van der Waals surface area contributed by atoms with E-state index in [1.54, 1.807) is 31.4 Å². The first-order valence-corrected chi connectivity index (χ1v) is 14.0. The van der Waals surface area contributed by atoms with Crippen molar-refractivity contribution in [2.75, 3.05) is 38.7 Å². The zero-order valence-electron chi connectivity index (χ0n) is 22.0. The molecule has 2 N–H and O–H groups in total. The number of aliphatic hydroxyl groups excluding tert-OH is 1. The number of carbonyl (C=O) groups excluding carboxylic acids is 2. The largest absolute Gasteiger partial charge is 0.497 e.